The summed E-state index contributed by atoms with van der Waals surface area (Å²) in [5.74, 6) is 0. The fourth-order valence-corrected chi connectivity index (χ4v) is 7.69. The van der Waals surface area contributed by atoms with Gasteiger partial charge in [-0.3, -0.25) is 0 Å². The molecule has 0 saturated heterocycles. The van der Waals surface area contributed by atoms with Crippen LogP contribution in [0.25, 0.3) is 98.0 Å². The fraction of sp³-hybridized carbons (Fsp3) is 0. The summed E-state index contributed by atoms with van der Waals surface area (Å²) >= 11 is 0. The summed E-state index contributed by atoms with van der Waals surface area (Å²) in [7, 11) is 0. The van der Waals surface area contributed by atoms with Crippen LogP contribution in [0, 0.1) is 0 Å². The lowest BCUT2D eigenvalue weighted by Gasteiger charge is -2.17. The monoisotopic (exact) mass is 610 g/mol. The highest BCUT2D eigenvalue weighted by Gasteiger charge is 2.16. The Labute approximate surface area is 284 Å². The van der Waals surface area contributed by atoms with Gasteiger partial charge in [0.25, 0.3) is 0 Å². The van der Waals surface area contributed by atoms with Crippen LogP contribution in [-0.4, -0.2) is 0 Å². The summed E-state index contributed by atoms with van der Waals surface area (Å²) in [6.07, 6.45) is 0. The number of rotatable bonds is 3. The van der Waals surface area contributed by atoms with Gasteiger partial charge in [-0.25, -0.2) is 0 Å². The maximum Gasteiger partial charge on any atom is 0.0629 e. The van der Waals surface area contributed by atoms with Gasteiger partial charge in [0.05, 0.1) is 5.48 Å². The second-order valence-corrected chi connectivity index (χ2v) is 12.5. The Hall–Kier alpha value is -6.24. The second kappa shape index (κ2) is 10.7. The first-order chi connectivity index (χ1) is 25.5. The van der Waals surface area contributed by atoms with Gasteiger partial charge in [-0.1, -0.05) is 164 Å². The molecule has 0 N–H and O–H groups in total. The van der Waals surface area contributed by atoms with E-state index in [1.807, 2.05) is 54.6 Å². The van der Waals surface area contributed by atoms with E-state index in [1.165, 1.54) is 5.39 Å². The topological polar surface area (TPSA) is 0 Å². The van der Waals surface area contributed by atoms with Crippen LogP contribution in [0.2, 0.25) is 0 Å². The first kappa shape index (κ1) is 23.1. The second-order valence-electron chi connectivity index (χ2n) is 12.5. The zero-order chi connectivity index (χ0) is 35.1. The standard InChI is InChI=1S/C48H30/c1-2-12-32(13-3-1)44-29-36(30-46-41-20-9-8-18-39(41)40-19-10-11-21-42(40)48(44)46)31-22-24-34(25-23-31)47-38-17-7-5-15-35(38)28-45-37-16-6-4-14-33(37)26-27-43(45)47/h1-30H/i22D,23D,24D,25D. The highest BCUT2D eigenvalue weighted by Crippen LogP contribution is 2.44. The van der Waals surface area contributed by atoms with Crippen LogP contribution in [-0.2, 0) is 0 Å². The number of benzene rings is 10. The predicted octanol–water partition coefficient (Wildman–Crippen LogP) is 13.6. The molecule has 0 aliphatic heterocycles. The fourth-order valence-electron chi connectivity index (χ4n) is 7.69. The van der Waals surface area contributed by atoms with Gasteiger partial charge < -0.3 is 0 Å². The molecule has 222 valence electrons. The summed E-state index contributed by atoms with van der Waals surface area (Å²) in [4.78, 5) is 0. The third-order valence-electron chi connectivity index (χ3n) is 9.86. The minimum Gasteiger partial charge on any atom is -0.0622 e. The Morgan fingerprint density at radius 1 is 0.292 bits per heavy atom. The molecule has 0 spiro atoms. The van der Waals surface area contributed by atoms with Gasteiger partial charge in [0, 0.05) is 0 Å². The molecular formula is C48H30. The highest BCUT2D eigenvalue weighted by atomic mass is 14.2. The van der Waals surface area contributed by atoms with Gasteiger partial charge in [0.1, 0.15) is 0 Å². The SMILES string of the molecule is [2H]c1c([2H])c(-c2c3ccccc3cc3c2ccc2ccccc23)c([2H])c([2H])c1-c1cc(-c2ccccc2)c2c3ccccc3c3ccccc3c2c1. The van der Waals surface area contributed by atoms with Gasteiger partial charge in [0.2, 0.25) is 0 Å². The smallest absolute Gasteiger partial charge is 0.0622 e. The summed E-state index contributed by atoms with van der Waals surface area (Å²) in [5.41, 5.74) is 4.01. The molecular weight excluding hydrogens is 577 g/mol. The van der Waals surface area contributed by atoms with E-state index in [0.717, 1.165) is 75.9 Å². The van der Waals surface area contributed by atoms with Crippen molar-refractivity contribution in [3.05, 3.63) is 182 Å². The molecule has 0 unspecified atom stereocenters. The number of fused-ring (bicyclic) bond motifs is 10. The van der Waals surface area contributed by atoms with Crippen LogP contribution in [0.15, 0.2) is 182 Å². The Morgan fingerprint density at radius 3 is 1.60 bits per heavy atom. The van der Waals surface area contributed by atoms with Crippen molar-refractivity contribution in [3.63, 3.8) is 0 Å². The molecule has 0 aliphatic carbocycles. The molecule has 0 heterocycles. The van der Waals surface area contributed by atoms with Crippen LogP contribution in [0.5, 0.6) is 0 Å². The molecule has 0 aromatic heterocycles. The Kier molecular flexibility index (Phi) is 5.14. The Balaban J connectivity index is 1.32. The minimum atomic E-state index is -0.0543. The van der Waals surface area contributed by atoms with Gasteiger partial charge in [-0.2, -0.15) is 0 Å². The molecule has 10 aromatic carbocycles. The lowest BCUT2D eigenvalue weighted by molar-refractivity contribution is 1.62. The lowest BCUT2D eigenvalue weighted by Crippen LogP contribution is -1.90. The predicted molar refractivity (Wildman–Crippen MR) is 208 cm³/mol. The first-order valence-corrected chi connectivity index (χ1v) is 16.4. The third-order valence-corrected chi connectivity index (χ3v) is 9.86. The molecule has 0 heteroatoms. The average molecular weight is 611 g/mol. The van der Waals surface area contributed by atoms with Gasteiger partial charge in [-0.15, -0.1) is 0 Å². The molecule has 0 bridgehead atoms. The van der Waals surface area contributed by atoms with E-state index >= 15 is 0 Å². The molecule has 0 saturated carbocycles. The Morgan fingerprint density at radius 2 is 0.854 bits per heavy atom. The van der Waals surface area contributed by atoms with Crippen molar-refractivity contribution in [3.8, 4) is 33.4 Å². The Bertz CT molecular complexity index is 3080. The minimum absolute atomic E-state index is 0.0495. The summed E-state index contributed by atoms with van der Waals surface area (Å²) in [6, 6.07) is 53.6. The van der Waals surface area contributed by atoms with Crippen LogP contribution in [0.3, 0.4) is 0 Å². The molecule has 0 radical (unpaired) electrons. The largest absolute Gasteiger partial charge is 0.0629 e. The molecule has 0 aliphatic rings. The molecule has 10 rings (SSSR count). The maximum atomic E-state index is 9.60. The quantitative estimate of drug-likeness (QED) is 0.138. The number of hydrogen-bond acceptors (Lipinski definition) is 0. The lowest BCUT2D eigenvalue weighted by atomic mass is 9.86. The van der Waals surface area contributed by atoms with Gasteiger partial charge in [-0.05, 0) is 116 Å². The molecule has 0 amide bonds. The van der Waals surface area contributed by atoms with Crippen molar-refractivity contribution in [2.45, 2.75) is 0 Å². The van der Waals surface area contributed by atoms with Crippen molar-refractivity contribution in [2.75, 3.05) is 0 Å². The van der Waals surface area contributed by atoms with Crippen LogP contribution in [0.4, 0.5) is 0 Å². The van der Waals surface area contributed by atoms with Gasteiger partial charge >= 0.3 is 0 Å². The zero-order valence-electron chi connectivity index (χ0n) is 30.0. The van der Waals surface area contributed by atoms with E-state index in [9.17, 15) is 5.48 Å². The normalized spacial score (nSPS) is 12.9. The van der Waals surface area contributed by atoms with Crippen LogP contribution >= 0.6 is 0 Å². The van der Waals surface area contributed by atoms with E-state index in [4.69, 9.17) is 0 Å². The molecule has 48 heavy (non-hydrogen) atoms. The third kappa shape index (κ3) is 4.10. The maximum absolute atomic E-state index is 9.60. The van der Waals surface area contributed by atoms with Crippen molar-refractivity contribution in [2.24, 2.45) is 0 Å². The summed E-state index contributed by atoms with van der Waals surface area (Å²) in [6.45, 7) is 0. The summed E-state index contributed by atoms with van der Waals surface area (Å²) in [5, 5.41) is 12.6. The van der Waals surface area contributed by atoms with Crippen molar-refractivity contribution in [1.82, 2.24) is 0 Å². The van der Waals surface area contributed by atoms with E-state index < -0.39 is 0 Å². The number of hydrogen-bond donors (Lipinski definition) is 0. The van der Waals surface area contributed by atoms with Crippen molar-refractivity contribution >= 4 is 64.6 Å². The first-order valence-electron chi connectivity index (χ1n) is 18.4. The molecule has 10 aromatic rings. The summed E-state index contributed by atoms with van der Waals surface area (Å²) < 4.78 is 38.4. The van der Waals surface area contributed by atoms with E-state index in [-0.39, 0.29) is 24.2 Å². The van der Waals surface area contributed by atoms with Crippen molar-refractivity contribution in [1.29, 1.82) is 0 Å². The molecule has 0 nitrogen and oxygen atoms in total. The van der Waals surface area contributed by atoms with E-state index in [2.05, 4.69) is 103 Å². The highest BCUT2D eigenvalue weighted by molar-refractivity contribution is 6.29. The molecule has 0 atom stereocenters. The van der Waals surface area contributed by atoms with Gasteiger partial charge in [0.15, 0.2) is 0 Å². The van der Waals surface area contributed by atoms with Crippen molar-refractivity contribution < 1.29 is 5.48 Å². The molecule has 0 fully saturated rings. The van der Waals surface area contributed by atoms with Crippen LogP contribution < -0.4 is 0 Å². The van der Waals surface area contributed by atoms with E-state index in [0.29, 0.717) is 16.7 Å². The average Bonchev–Trinajstić information content (AvgIpc) is 3.20. The van der Waals surface area contributed by atoms with Crippen LogP contribution in [0.1, 0.15) is 5.48 Å². The van der Waals surface area contributed by atoms with E-state index in [1.54, 1.807) is 0 Å². The zero-order valence-corrected chi connectivity index (χ0v) is 26.0.